The third-order valence-corrected chi connectivity index (χ3v) is 6.75. The topological polar surface area (TPSA) is 114 Å². The van der Waals surface area contributed by atoms with Crippen molar-refractivity contribution in [2.75, 3.05) is 52.3 Å². The lowest BCUT2D eigenvalue weighted by Gasteiger charge is -2.14. The Bertz CT molecular complexity index is 1560. The fraction of sp³-hybridized carbons (Fsp3) is 0.189. The molecule has 4 rings (SSSR count). The van der Waals surface area contributed by atoms with Crippen LogP contribution in [0.25, 0.3) is 12.2 Å². The Hall–Kier alpha value is -5.90. The highest BCUT2D eigenvalue weighted by Gasteiger charge is 2.10. The van der Waals surface area contributed by atoms with Gasteiger partial charge in [0.15, 0.2) is 23.0 Å². The van der Waals surface area contributed by atoms with E-state index in [1.807, 2.05) is 48.5 Å². The monoisotopic (exact) mass is 638 g/mol. The maximum Gasteiger partial charge on any atom is 0.248 e. The van der Waals surface area contributed by atoms with Gasteiger partial charge in [0.1, 0.15) is 11.5 Å². The van der Waals surface area contributed by atoms with Crippen LogP contribution in [0.5, 0.6) is 34.5 Å². The van der Waals surface area contributed by atoms with Gasteiger partial charge in [-0.05, 0) is 71.8 Å². The van der Waals surface area contributed by atoms with Crippen LogP contribution in [0, 0.1) is 0 Å². The van der Waals surface area contributed by atoms with Crippen LogP contribution in [-0.2, 0) is 9.59 Å². The van der Waals surface area contributed by atoms with Gasteiger partial charge in [-0.3, -0.25) is 9.59 Å². The van der Waals surface area contributed by atoms with E-state index in [-0.39, 0.29) is 11.8 Å². The first-order valence-electron chi connectivity index (χ1n) is 14.8. The van der Waals surface area contributed by atoms with Crippen LogP contribution in [0.15, 0.2) is 97.1 Å². The second kappa shape index (κ2) is 17.6. The molecular weight excluding hydrogens is 600 g/mol. The van der Waals surface area contributed by atoms with E-state index in [2.05, 4.69) is 10.6 Å². The number of nitrogens with one attached hydrogen (secondary N) is 2. The van der Waals surface area contributed by atoms with Crippen molar-refractivity contribution in [3.8, 4) is 34.5 Å². The van der Waals surface area contributed by atoms with Crippen molar-refractivity contribution in [1.29, 1.82) is 0 Å². The Balaban J connectivity index is 1.22. The lowest BCUT2D eigenvalue weighted by molar-refractivity contribution is -0.112. The van der Waals surface area contributed by atoms with Crippen LogP contribution in [0.1, 0.15) is 17.5 Å². The van der Waals surface area contributed by atoms with E-state index in [0.717, 1.165) is 22.6 Å². The van der Waals surface area contributed by atoms with Crippen LogP contribution in [0.3, 0.4) is 0 Å². The predicted octanol–water partition coefficient (Wildman–Crippen LogP) is 6.87. The van der Waals surface area contributed by atoms with Crippen molar-refractivity contribution in [3.05, 3.63) is 108 Å². The normalized spacial score (nSPS) is 10.8. The summed E-state index contributed by atoms with van der Waals surface area (Å²) >= 11 is 0. The maximum atomic E-state index is 12.4. The first-order valence-corrected chi connectivity index (χ1v) is 14.8. The summed E-state index contributed by atoms with van der Waals surface area (Å²) < 4.78 is 33.0. The zero-order valence-electron chi connectivity index (χ0n) is 26.8. The summed E-state index contributed by atoms with van der Waals surface area (Å²) in [6.07, 6.45) is 6.94. The number of benzene rings is 4. The van der Waals surface area contributed by atoms with Crippen molar-refractivity contribution < 1.29 is 38.0 Å². The highest BCUT2D eigenvalue weighted by Crippen LogP contribution is 2.32. The molecule has 2 N–H and O–H groups in total. The van der Waals surface area contributed by atoms with E-state index in [1.54, 1.807) is 62.8 Å². The summed E-state index contributed by atoms with van der Waals surface area (Å²) in [5, 5.41) is 5.65. The van der Waals surface area contributed by atoms with Gasteiger partial charge < -0.3 is 39.1 Å². The number of hydrogen-bond donors (Lipinski definition) is 2. The molecule has 0 heterocycles. The minimum absolute atomic E-state index is 0.277. The summed E-state index contributed by atoms with van der Waals surface area (Å²) in [7, 11) is 6.28. The van der Waals surface area contributed by atoms with Crippen LogP contribution in [0.2, 0.25) is 0 Å². The molecule has 2 amide bonds. The van der Waals surface area contributed by atoms with Crippen molar-refractivity contribution in [2.24, 2.45) is 0 Å². The van der Waals surface area contributed by atoms with Gasteiger partial charge in [-0.1, -0.05) is 24.3 Å². The molecule has 244 valence electrons. The second-order valence-corrected chi connectivity index (χ2v) is 9.97. The first kappa shape index (κ1) is 34.0. The van der Waals surface area contributed by atoms with E-state index in [9.17, 15) is 9.59 Å². The Morgan fingerprint density at radius 3 is 1.30 bits per heavy atom. The van der Waals surface area contributed by atoms with Gasteiger partial charge in [-0.25, -0.2) is 0 Å². The fourth-order valence-corrected chi connectivity index (χ4v) is 4.29. The summed E-state index contributed by atoms with van der Waals surface area (Å²) in [5.41, 5.74) is 2.89. The summed E-state index contributed by atoms with van der Waals surface area (Å²) in [5.74, 6) is 3.00. The molecule has 0 aliphatic rings. The summed E-state index contributed by atoms with van der Waals surface area (Å²) in [6.45, 7) is 0.729. The average molecular weight is 639 g/mol. The minimum Gasteiger partial charge on any atom is -0.497 e. The van der Waals surface area contributed by atoms with Crippen molar-refractivity contribution in [3.63, 3.8) is 0 Å². The molecule has 0 atom stereocenters. The molecule has 0 aliphatic carbocycles. The zero-order chi connectivity index (χ0) is 33.4. The zero-order valence-corrected chi connectivity index (χ0v) is 26.8. The predicted molar refractivity (Wildman–Crippen MR) is 183 cm³/mol. The van der Waals surface area contributed by atoms with Gasteiger partial charge in [0.25, 0.3) is 0 Å². The highest BCUT2D eigenvalue weighted by molar-refractivity contribution is 6.02. The quantitative estimate of drug-likeness (QED) is 0.101. The molecule has 0 aromatic heterocycles. The molecule has 4 aromatic rings. The van der Waals surface area contributed by atoms with E-state index in [1.165, 1.54) is 26.4 Å². The van der Waals surface area contributed by atoms with Crippen LogP contribution in [-0.4, -0.2) is 53.5 Å². The molecule has 10 heteroatoms. The standard InChI is InChI=1S/C37H38N2O8/c1-42-30-14-6-26(7-15-30)10-20-36(40)38-28-12-18-32(34(24-28)44-3)46-22-5-23-47-33-19-13-29(25-35(33)45-4)39-37(41)21-11-27-8-16-31(43-2)17-9-27/h6-21,24-25H,5,22-23H2,1-4H3,(H,38,40)(H,39,41)/b20-10-,21-11+. The number of carbonyl (C=O) groups excluding carboxylic acids is 2. The molecule has 0 spiro atoms. The number of hydrogen-bond acceptors (Lipinski definition) is 8. The number of amides is 2. The molecule has 0 radical (unpaired) electrons. The van der Waals surface area contributed by atoms with E-state index < -0.39 is 0 Å². The number of methoxy groups -OCH3 is 4. The van der Waals surface area contributed by atoms with Gasteiger partial charge in [-0.15, -0.1) is 0 Å². The molecule has 0 unspecified atom stereocenters. The Labute approximate surface area is 274 Å². The van der Waals surface area contributed by atoms with E-state index in [4.69, 9.17) is 28.4 Å². The first-order chi connectivity index (χ1) is 22.9. The Morgan fingerprint density at radius 1 is 0.532 bits per heavy atom. The van der Waals surface area contributed by atoms with Crippen molar-refractivity contribution >= 4 is 35.3 Å². The van der Waals surface area contributed by atoms with Gasteiger partial charge in [0.05, 0.1) is 41.7 Å². The lowest BCUT2D eigenvalue weighted by Crippen LogP contribution is -2.09. The SMILES string of the molecule is COc1ccc(/C=C\C(=O)Nc2ccc(OCCCOc3ccc(NC(=O)/C=C/c4ccc(OC)cc4)cc3OC)c(OC)c2)cc1. The summed E-state index contributed by atoms with van der Waals surface area (Å²) in [6, 6.07) is 25.1. The van der Waals surface area contributed by atoms with Gasteiger partial charge in [0.2, 0.25) is 11.8 Å². The third kappa shape index (κ3) is 10.6. The van der Waals surface area contributed by atoms with Gasteiger partial charge in [-0.2, -0.15) is 0 Å². The number of carbonyl (C=O) groups is 2. The molecular formula is C37H38N2O8. The average Bonchev–Trinajstić information content (AvgIpc) is 3.10. The van der Waals surface area contributed by atoms with Crippen molar-refractivity contribution in [1.82, 2.24) is 0 Å². The lowest BCUT2D eigenvalue weighted by atomic mass is 10.2. The van der Waals surface area contributed by atoms with E-state index in [0.29, 0.717) is 54.0 Å². The highest BCUT2D eigenvalue weighted by atomic mass is 16.5. The third-order valence-electron chi connectivity index (χ3n) is 6.75. The molecule has 0 fully saturated rings. The van der Waals surface area contributed by atoms with E-state index >= 15 is 0 Å². The number of anilines is 2. The number of ether oxygens (including phenoxy) is 6. The molecule has 0 bridgehead atoms. The summed E-state index contributed by atoms with van der Waals surface area (Å²) in [4.78, 5) is 24.8. The molecule has 47 heavy (non-hydrogen) atoms. The molecule has 0 aliphatic heterocycles. The van der Waals surface area contributed by atoms with Gasteiger partial charge >= 0.3 is 0 Å². The number of rotatable bonds is 16. The van der Waals surface area contributed by atoms with Crippen molar-refractivity contribution in [2.45, 2.75) is 6.42 Å². The minimum atomic E-state index is -0.277. The largest absolute Gasteiger partial charge is 0.497 e. The van der Waals surface area contributed by atoms with Gasteiger partial charge in [0, 0.05) is 42.1 Å². The van der Waals surface area contributed by atoms with Crippen LogP contribution >= 0.6 is 0 Å². The fourth-order valence-electron chi connectivity index (χ4n) is 4.29. The Kier molecular flexibility index (Phi) is 12.7. The molecule has 0 saturated carbocycles. The second-order valence-electron chi connectivity index (χ2n) is 9.97. The molecule has 10 nitrogen and oxygen atoms in total. The maximum absolute atomic E-state index is 12.4. The van der Waals surface area contributed by atoms with Crippen LogP contribution in [0.4, 0.5) is 11.4 Å². The Morgan fingerprint density at radius 2 is 0.936 bits per heavy atom. The molecule has 4 aromatic carbocycles. The smallest absolute Gasteiger partial charge is 0.248 e. The molecule has 0 saturated heterocycles. The van der Waals surface area contributed by atoms with Crippen LogP contribution < -0.4 is 39.1 Å².